The second-order valence-corrected chi connectivity index (χ2v) is 4.63. The number of aliphatic hydroxyl groups is 1. The molecule has 2 nitrogen and oxygen atoms in total. The summed E-state index contributed by atoms with van der Waals surface area (Å²) in [6, 6.07) is 0. The molecule has 2 aliphatic carbocycles. The highest BCUT2D eigenvalue weighted by Crippen LogP contribution is 2.52. The van der Waals surface area contributed by atoms with Crippen LogP contribution in [0.3, 0.4) is 0 Å². The average Bonchev–Trinajstić information content (AvgIpc) is 2.56. The first-order valence-corrected chi connectivity index (χ1v) is 5.34. The minimum atomic E-state index is -0.211. The predicted molar refractivity (Wildman–Crippen MR) is 49.1 cm³/mol. The van der Waals surface area contributed by atoms with Crippen molar-refractivity contribution >= 4 is 17.5 Å². The summed E-state index contributed by atoms with van der Waals surface area (Å²) in [5.41, 5.74) is 0. The summed E-state index contributed by atoms with van der Waals surface area (Å²) in [7, 11) is 0. The van der Waals surface area contributed by atoms with Crippen molar-refractivity contribution in [2.75, 3.05) is 12.9 Å². The van der Waals surface area contributed by atoms with E-state index in [-0.39, 0.29) is 23.2 Å². The topological polar surface area (TPSA) is 37.3 Å². The van der Waals surface area contributed by atoms with Crippen LogP contribution in [0.5, 0.6) is 0 Å². The number of hydrogen-bond acceptors (Lipinski definition) is 3. The van der Waals surface area contributed by atoms with Gasteiger partial charge in [0.1, 0.15) is 5.78 Å². The molecule has 3 heteroatoms. The molecule has 0 amide bonds. The number of Topliss-reactive ketones (excluding diaryl/α,β-unsaturated/α-hetero) is 1. The highest BCUT2D eigenvalue weighted by atomic mass is 32.2. The molecule has 12 heavy (non-hydrogen) atoms. The predicted octanol–water partition coefficient (Wildman–Crippen LogP) is 0.855. The van der Waals surface area contributed by atoms with Gasteiger partial charge in [0.2, 0.25) is 0 Å². The van der Waals surface area contributed by atoms with Crippen molar-refractivity contribution in [2.24, 2.45) is 11.8 Å². The number of carbonyl (C=O) groups is 1. The van der Waals surface area contributed by atoms with Gasteiger partial charge in [0, 0.05) is 12.3 Å². The standard InChI is InChI=1S/C9H12O2S/c1-12-9(5-10)6-2-3-7(9)8(11)4-6/h2-3,6-7,10H,4-5H2,1H3/t6-,7-,9-/m0/s1. The van der Waals surface area contributed by atoms with Crippen LogP contribution in [0.2, 0.25) is 0 Å². The Kier molecular flexibility index (Phi) is 1.81. The SMILES string of the molecule is CS[C@@]1(CO)[C@H]2C=C[C@H]1C(=O)C2. The fourth-order valence-electron chi connectivity index (χ4n) is 2.32. The lowest BCUT2D eigenvalue weighted by Crippen LogP contribution is -2.36. The molecule has 0 aromatic heterocycles. The third kappa shape index (κ3) is 0.783. The van der Waals surface area contributed by atoms with E-state index in [0.717, 1.165) is 0 Å². The molecule has 2 rings (SSSR count). The Morgan fingerprint density at radius 1 is 1.75 bits per heavy atom. The van der Waals surface area contributed by atoms with Gasteiger partial charge in [-0.3, -0.25) is 4.79 Å². The van der Waals surface area contributed by atoms with Crippen molar-refractivity contribution in [3.8, 4) is 0 Å². The maximum Gasteiger partial charge on any atom is 0.141 e. The molecule has 0 aliphatic heterocycles. The summed E-state index contributed by atoms with van der Waals surface area (Å²) < 4.78 is -0.211. The highest BCUT2D eigenvalue weighted by molar-refractivity contribution is 8.00. The lowest BCUT2D eigenvalue weighted by atomic mass is 9.96. The van der Waals surface area contributed by atoms with Crippen molar-refractivity contribution in [2.45, 2.75) is 11.2 Å². The number of rotatable bonds is 2. The maximum atomic E-state index is 11.4. The van der Waals surface area contributed by atoms with Crippen molar-refractivity contribution in [3.63, 3.8) is 0 Å². The van der Waals surface area contributed by atoms with E-state index in [4.69, 9.17) is 0 Å². The second kappa shape index (κ2) is 2.60. The van der Waals surface area contributed by atoms with E-state index in [1.54, 1.807) is 11.8 Å². The summed E-state index contributed by atoms with van der Waals surface area (Å²) in [6.45, 7) is 0.113. The number of thioether (sulfide) groups is 1. The first-order valence-electron chi connectivity index (χ1n) is 4.11. The molecule has 2 aliphatic rings. The summed E-state index contributed by atoms with van der Waals surface area (Å²) in [4.78, 5) is 11.4. The number of allylic oxidation sites excluding steroid dienone is 2. The van der Waals surface area contributed by atoms with Crippen LogP contribution in [-0.4, -0.2) is 28.5 Å². The Morgan fingerprint density at radius 3 is 2.75 bits per heavy atom. The Hall–Kier alpha value is -0.280. The van der Waals surface area contributed by atoms with Crippen molar-refractivity contribution in [3.05, 3.63) is 12.2 Å². The Bertz CT molecular complexity index is 243. The van der Waals surface area contributed by atoms with Crippen LogP contribution in [0.1, 0.15) is 6.42 Å². The van der Waals surface area contributed by atoms with Crippen LogP contribution in [-0.2, 0) is 4.79 Å². The fraction of sp³-hybridized carbons (Fsp3) is 0.667. The molecule has 0 unspecified atom stereocenters. The summed E-state index contributed by atoms with van der Waals surface area (Å²) in [6.07, 6.45) is 6.65. The summed E-state index contributed by atoms with van der Waals surface area (Å²) >= 11 is 1.63. The van der Waals surface area contributed by atoms with Gasteiger partial charge in [-0.1, -0.05) is 12.2 Å². The molecule has 66 valence electrons. The van der Waals surface area contributed by atoms with E-state index in [1.165, 1.54) is 0 Å². The molecule has 1 N–H and O–H groups in total. The van der Waals surface area contributed by atoms with E-state index in [2.05, 4.69) is 6.08 Å². The van der Waals surface area contributed by atoms with Crippen molar-refractivity contribution in [1.82, 2.24) is 0 Å². The zero-order valence-electron chi connectivity index (χ0n) is 6.99. The monoisotopic (exact) mass is 184 g/mol. The molecule has 2 bridgehead atoms. The minimum absolute atomic E-state index is 0.0255. The fourth-order valence-corrected chi connectivity index (χ4v) is 3.38. The van der Waals surface area contributed by atoms with Crippen LogP contribution in [0.25, 0.3) is 0 Å². The van der Waals surface area contributed by atoms with E-state index in [9.17, 15) is 9.90 Å². The number of fused-ring (bicyclic) bond motifs is 2. The quantitative estimate of drug-likeness (QED) is 0.647. The van der Waals surface area contributed by atoms with Gasteiger partial charge in [0.15, 0.2) is 0 Å². The van der Waals surface area contributed by atoms with E-state index >= 15 is 0 Å². The van der Waals surface area contributed by atoms with Crippen LogP contribution in [0.15, 0.2) is 12.2 Å². The molecular weight excluding hydrogens is 172 g/mol. The van der Waals surface area contributed by atoms with Gasteiger partial charge in [-0.2, -0.15) is 11.8 Å². The zero-order valence-corrected chi connectivity index (χ0v) is 7.80. The Balaban J connectivity index is 2.36. The third-order valence-electron chi connectivity index (χ3n) is 3.09. The second-order valence-electron chi connectivity index (χ2n) is 3.46. The first kappa shape index (κ1) is 8.32. The lowest BCUT2D eigenvalue weighted by Gasteiger charge is -2.29. The lowest BCUT2D eigenvalue weighted by molar-refractivity contribution is -0.120. The van der Waals surface area contributed by atoms with Gasteiger partial charge in [-0.15, -0.1) is 0 Å². The molecule has 1 saturated carbocycles. The molecule has 0 aromatic rings. The van der Waals surface area contributed by atoms with Gasteiger partial charge in [-0.25, -0.2) is 0 Å². The van der Waals surface area contributed by atoms with Gasteiger partial charge >= 0.3 is 0 Å². The highest BCUT2D eigenvalue weighted by Gasteiger charge is 2.55. The Morgan fingerprint density at radius 2 is 2.50 bits per heavy atom. The van der Waals surface area contributed by atoms with Crippen LogP contribution in [0.4, 0.5) is 0 Å². The summed E-state index contributed by atoms with van der Waals surface area (Å²) in [5, 5.41) is 9.30. The molecule has 0 aromatic carbocycles. The molecule has 0 saturated heterocycles. The van der Waals surface area contributed by atoms with Crippen LogP contribution >= 0.6 is 11.8 Å². The third-order valence-corrected chi connectivity index (χ3v) is 4.53. The van der Waals surface area contributed by atoms with Gasteiger partial charge in [0.25, 0.3) is 0 Å². The van der Waals surface area contributed by atoms with Gasteiger partial charge in [0.05, 0.1) is 17.3 Å². The van der Waals surface area contributed by atoms with Gasteiger partial charge < -0.3 is 5.11 Å². The molecule has 0 radical (unpaired) electrons. The first-order chi connectivity index (χ1) is 5.74. The maximum absolute atomic E-state index is 11.4. The van der Waals surface area contributed by atoms with E-state index in [0.29, 0.717) is 12.2 Å². The average molecular weight is 184 g/mol. The minimum Gasteiger partial charge on any atom is -0.395 e. The van der Waals surface area contributed by atoms with Crippen molar-refractivity contribution in [1.29, 1.82) is 0 Å². The van der Waals surface area contributed by atoms with Gasteiger partial charge in [-0.05, 0) is 6.26 Å². The number of hydrogen-bond donors (Lipinski definition) is 1. The molecule has 0 heterocycles. The molecular formula is C9H12O2S. The largest absolute Gasteiger partial charge is 0.395 e. The van der Waals surface area contributed by atoms with E-state index < -0.39 is 0 Å². The molecule has 1 fully saturated rings. The normalized spacial score (nSPS) is 44.3. The van der Waals surface area contributed by atoms with Crippen LogP contribution < -0.4 is 0 Å². The van der Waals surface area contributed by atoms with Crippen LogP contribution in [0, 0.1) is 11.8 Å². The van der Waals surface area contributed by atoms with E-state index in [1.807, 2.05) is 12.3 Å². The number of carbonyl (C=O) groups excluding carboxylic acids is 1. The molecule has 0 spiro atoms. The molecule has 3 atom stereocenters. The summed E-state index contributed by atoms with van der Waals surface area (Å²) in [5.74, 6) is 0.545. The smallest absolute Gasteiger partial charge is 0.141 e. The zero-order chi connectivity index (χ0) is 8.77. The Labute approximate surface area is 76.0 Å². The number of ketones is 1. The number of aliphatic hydroxyl groups excluding tert-OH is 1. The van der Waals surface area contributed by atoms with Crippen molar-refractivity contribution < 1.29 is 9.90 Å².